The molecule has 27 heavy (non-hydrogen) atoms. The zero-order chi connectivity index (χ0) is 19.8. The number of hydrogen-bond acceptors (Lipinski definition) is 6. The van der Waals surface area contributed by atoms with Crippen LogP contribution in [0.4, 0.5) is 0 Å². The minimum absolute atomic E-state index is 0.00122. The number of hydrogen-bond donors (Lipinski definition) is 3. The highest BCUT2D eigenvalue weighted by Gasteiger charge is 2.42. The number of amides is 1. The zero-order valence-corrected chi connectivity index (χ0v) is 16.2. The summed E-state index contributed by atoms with van der Waals surface area (Å²) >= 11 is 0. The number of likely N-dealkylation sites (tertiary alicyclic amines) is 1. The Morgan fingerprint density at radius 3 is 2.74 bits per heavy atom. The maximum absolute atomic E-state index is 13.1. The first kappa shape index (κ1) is 21.6. The molecule has 2 aliphatic rings. The Morgan fingerprint density at radius 2 is 2.07 bits per heavy atom. The maximum Gasteiger partial charge on any atom is 0.323 e. The van der Waals surface area contributed by atoms with Gasteiger partial charge in [-0.1, -0.05) is 12.8 Å². The van der Waals surface area contributed by atoms with Crippen LogP contribution in [0.2, 0.25) is 0 Å². The van der Waals surface area contributed by atoms with Crippen LogP contribution in [0.25, 0.3) is 0 Å². The maximum atomic E-state index is 13.1. The van der Waals surface area contributed by atoms with Gasteiger partial charge in [0.2, 0.25) is 5.91 Å². The number of nitrogens with one attached hydrogen (secondary N) is 1. The number of carboxylic acids is 1. The Labute approximate surface area is 160 Å². The molecule has 8 heteroatoms. The van der Waals surface area contributed by atoms with E-state index in [9.17, 15) is 19.5 Å². The summed E-state index contributed by atoms with van der Waals surface area (Å²) in [6.07, 6.45) is 6.49. The van der Waals surface area contributed by atoms with Crippen LogP contribution in [0.5, 0.6) is 0 Å². The SMILES string of the molecule is CCOC(=O)[C@H](CCCCN)NC1CCC2CCCC2N(CC(=O)O)C1=O. The molecule has 2 rings (SSSR count). The molecule has 1 saturated heterocycles. The molecule has 8 nitrogen and oxygen atoms in total. The van der Waals surface area contributed by atoms with Crippen LogP contribution in [0.15, 0.2) is 0 Å². The Hall–Kier alpha value is -1.67. The number of carboxylic acid groups (broad SMARTS) is 1. The van der Waals surface area contributed by atoms with Crippen LogP contribution >= 0.6 is 0 Å². The van der Waals surface area contributed by atoms with Gasteiger partial charge in [-0.2, -0.15) is 0 Å². The van der Waals surface area contributed by atoms with E-state index in [1.54, 1.807) is 6.92 Å². The summed E-state index contributed by atoms with van der Waals surface area (Å²) in [4.78, 5) is 38.3. The molecule has 1 amide bonds. The number of carbonyl (C=O) groups is 3. The molecule has 0 radical (unpaired) electrons. The van der Waals surface area contributed by atoms with Gasteiger partial charge in [-0.3, -0.25) is 19.7 Å². The van der Waals surface area contributed by atoms with E-state index in [1.807, 2.05) is 0 Å². The lowest BCUT2D eigenvalue weighted by atomic mass is 9.97. The van der Waals surface area contributed by atoms with E-state index in [0.717, 1.165) is 38.5 Å². The molecule has 1 heterocycles. The fourth-order valence-corrected chi connectivity index (χ4v) is 4.38. The first-order chi connectivity index (χ1) is 13.0. The second-order valence-corrected chi connectivity index (χ2v) is 7.50. The lowest BCUT2D eigenvalue weighted by Crippen LogP contribution is -2.54. The van der Waals surface area contributed by atoms with E-state index >= 15 is 0 Å². The van der Waals surface area contributed by atoms with Gasteiger partial charge in [-0.25, -0.2) is 0 Å². The van der Waals surface area contributed by atoms with Gasteiger partial charge in [-0.05, 0) is 57.9 Å². The van der Waals surface area contributed by atoms with Crippen molar-refractivity contribution in [2.75, 3.05) is 19.7 Å². The van der Waals surface area contributed by atoms with Gasteiger partial charge < -0.3 is 20.5 Å². The lowest BCUT2D eigenvalue weighted by molar-refractivity contribution is -0.149. The second-order valence-electron chi connectivity index (χ2n) is 7.50. The number of carbonyl (C=O) groups excluding carboxylic acids is 2. The summed E-state index contributed by atoms with van der Waals surface area (Å²) in [6, 6.07) is -1.13. The van der Waals surface area contributed by atoms with Crippen LogP contribution in [-0.4, -0.2) is 65.7 Å². The number of nitrogens with two attached hydrogens (primary N) is 1. The number of esters is 1. The van der Waals surface area contributed by atoms with Crippen LogP contribution in [0.3, 0.4) is 0 Å². The Kier molecular flexibility index (Phi) is 8.50. The van der Waals surface area contributed by atoms with Gasteiger partial charge in [0.05, 0.1) is 12.6 Å². The normalized spacial score (nSPS) is 26.4. The predicted molar refractivity (Wildman–Crippen MR) is 100.0 cm³/mol. The number of nitrogens with zero attached hydrogens (tertiary/aromatic N) is 1. The van der Waals surface area contributed by atoms with Gasteiger partial charge in [0.15, 0.2) is 0 Å². The topological polar surface area (TPSA) is 122 Å². The number of aliphatic carboxylic acids is 1. The summed E-state index contributed by atoms with van der Waals surface area (Å²) in [5.41, 5.74) is 5.54. The molecule has 1 aliphatic carbocycles. The van der Waals surface area contributed by atoms with Crippen molar-refractivity contribution >= 4 is 17.8 Å². The summed E-state index contributed by atoms with van der Waals surface area (Å²) in [5.74, 6) is -1.23. The molecular formula is C19H33N3O5. The molecule has 2 fully saturated rings. The third kappa shape index (κ3) is 5.90. The average Bonchev–Trinajstić information content (AvgIpc) is 3.05. The predicted octanol–water partition coefficient (Wildman–Crippen LogP) is 0.881. The highest BCUT2D eigenvalue weighted by atomic mass is 16.5. The second kappa shape index (κ2) is 10.6. The van der Waals surface area contributed by atoms with E-state index in [4.69, 9.17) is 10.5 Å². The minimum Gasteiger partial charge on any atom is -0.480 e. The fourth-order valence-electron chi connectivity index (χ4n) is 4.38. The van der Waals surface area contributed by atoms with E-state index in [0.29, 0.717) is 25.3 Å². The molecule has 0 aromatic rings. The van der Waals surface area contributed by atoms with Crippen molar-refractivity contribution < 1.29 is 24.2 Å². The molecule has 4 atom stereocenters. The van der Waals surface area contributed by atoms with Crippen molar-refractivity contribution in [2.24, 2.45) is 11.7 Å². The number of unbranched alkanes of at least 4 members (excludes halogenated alkanes) is 1. The van der Waals surface area contributed by atoms with Crippen LogP contribution in [0, 0.1) is 5.92 Å². The molecular weight excluding hydrogens is 350 g/mol. The molecule has 0 aromatic carbocycles. The molecule has 0 bridgehead atoms. The largest absolute Gasteiger partial charge is 0.480 e. The first-order valence-corrected chi connectivity index (χ1v) is 10.1. The number of ether oxygens (including phenoxy) is 1. The molecule has 0 aromatic heterocycles. The fraction of sp³-hybridized carbons (Fsp3) is 0.842. The molecule has 1 aliphatic heterocycles. The molecule has 0 spiro atoms. The Bertz CT molecular complexity index is 527. The average molecular weight is 383 g/mol. The van der Waals surface area contributed by atoms with Gasteiger partial charge in [0.1, 0.15) is 12.6 Å². The van der Waals surface area contributed by atoms with Crippen LogP contribution in [-0.2, 0) is 19.1 Å². The van der Waals surface area contributed by atoms with Crippen LogP contribution in [0.1, 0.15) is 58.3 Å². The third-order valence-electron chi connectivity index (χ3n) is 5.65. The van der Waals surface area contributed by atoms with Crippen molar-refractivity contribution in [1.82, 2.24) is 10.2 Å². The standard InChI is InChI=1S/C19H33N3O5/c1-2-27-19(26)15(7-3-4-11-20)21-14-10-9-13-6-5-8-16(13)22(18(14)25)12-17(23)24/h13-16,21H,2-12,20H2,1H3,(H,23,24)/t13?,14?,15-,16?/m0/s1. The van der Waals surface area contributed by atoms with Crippen molar-refractivity contribution in [3.05, 3.63) is 0 Å². The Morgan fingerprint density at radius 1 is 1.30 bits per heavy atom. The summed E-state index contributed by atoms with van der Waals surface area (Å²) in [7, 11) is 0. The van der Waals surface area contributed by atoms with Crippen molar-refractivity contribution in [2.45, 2.75) is 76.4 Å². The monoisotopic (exact) mass is 383 g/mol. The van der Waals surface area contributed by atoms with E-state index in [-0.39, 0.29) is 31.1 Å². The summed E-state index contributed by atoms with van der Waals surface area (Å²) in [5, 5.41) is 12.4. The minimum atomic E-state index is -1.00. The zero-order valence-electron chi connectivity index (χ0n) is 16.2. The highest BCUT2D eigenvalue weighted by Crippen LogP contribution is 2.36. The van der Waals surface area contributed by atoms with Crippen LogP contribution < -0.4 is 11.1 Å². The van der Waals surface area contributed by atoms with Gasteiger partial charge in [0.25, 0.3) is 0 Å². The first-order valence-electron chi connectivity index (χ1n) is 10.1. The number of fused-ring (bicyclic) bond motifs is 1. The molecule has 1 saturated carbocycles. The van der Waals surface area contributed by atoms with Gasteiger partial charge in [0, 0.05) is 6.04 Å². The summed E-state index contributed by atoms with van der Waals surface area (Å²) < 4.78 is 5.16. The summed E-state index contributed by atoms with van der Waals surface area (Å²) in [6.45, 7) is 2.30. The number of rotatable bonds is 10. The van der Waals surface area contributed by atoms with Gasteiger partial charge in [-0.15, -0.1) is 0 Å². The Balaban J connectivity index is 2.11. The van der Waals surface area contributed by atoms with Crippen molar-refractivity contribution in [3.8, 4) is 0 Å². The molecule has 154 valence electrons. The third-order valence-corrected chi connectivity index (χ3v) is 5.65. The van der Waals surface area contributed by atoms with Crippen molar-refractivity contribution in [1.29, 1.82) is 0 Å². The lowest BCUT2D eigenvalue weighted by Gasteiger charge is -2.31. The van der Waals surface area contributed by atoms with Crippen molar-refractivity contribution in [3.63, 3.8) is 0 Å². The molecule has 3 unspecified atom stereocenters. The molecule has 4 N–H and O–H groups in total. The quantitative estimate of drug-likeness (QED) is 0.378. The van der Waals surface area contributed by atoms with E-state index in [1.165, 1.54) is 4.90 Å². The smallest absolute Gasteiger partial charge is 0.323 e. The van der Waals surface area contributed by atoms with E-state index in [2.05, 4.69) is 5.32 Å². The van der Waals surface area contributed by atoms with E-state index < -0.39 is 18.1 Å². The van der Waals surface area contributed by atoms with Gasteiger partial charge >= 0.3 is 11.9 Å². The highest BCUT2D eigenvalue weighted by molar-refractivity contribution is 5.87.